The lowest BCUT2D eigenvalue weighted by Gasteiger charge is -2.33. The zero-order valence-corrected chi connectivity index (χ0v) is 23.6. The van der Waals surface area contributed by atoms with E-state index in [1.54, 1.807) is 18.4 Å². The lowest BCUT2D eigenvalue weighted by Crippen LogP contribution is -2.26. The number of amides is 1. The van der Waals surface area contributed by atoms with Gasteiger partial charge in [-0.2, -0.15) is 5.26 Å². The molecule has 1 aliphatic carbocycles. The van der Waals surface area contributed by atoms with Crippen LogP contribution in [0, 0.1) is 22.7 Å². The molecule has 1 aliphatic rings. The number of hydrogen-bond acceptors (Lipinski definition) is 8. The smallest absolute Gasteiger partial charge is 0.235 e. The highest BCUT2D eigenvalue weighted by Crippen LogP contribution is 2.44. The van der Waals surface area contributed by atoms with Crippen molar-refractivity contribution >= 4 is 34.0 Å². The number of benzene rings is 1. The normalized spacial score (nSPS) is 15.1. The van der Waals surface area contributed by atoms with E-state index in [0.29, 0.717) is 39.8 Å². The van der Waals surface area contributed by atoms with Crippen LogP contribution in [0.5, 0.6) is 11.5 Å². The molecule has 1 amide bonds. The number of methoxy groups -OCH3 is 1. The summed E-state index contributed by atoms with van der Waals surface area (Å²) in [7, 11) is 1.62. The second-order valence-electron chi connectivity index (χ2n) is 10.1. The molecule has 4 rings (SSSR count). The molecule has 8 nitrogen and oxygen atoms in total. The number of thioether (sulfide) groups is 1. The Morgan fingerprint density at radius 3 is 2.65 bits per heavy atom. The Balaban J connectivity index is 1.37. The van der Waals surface area contributed by atoms with Gasteiger partial charge in [-0.3, -0.25) is 4.79 Å². The Morgan fingerprint density at radius 1 is 1.27 bits per heavy atom. The first-order valence-corrected chi connectivity index (χ1v) is 14.2. The summed E-state index contributed by atoms with van der Waals surface area (Å²) in [4.78, 5) is 14.1. The molecule has 1 N–H and O–H groups in total. The van der Waals surface area contributed by atoms with Gasteiger partial charge in [0, 0.05) is 11.4 Å². The number of hydrogen-bond donors (Lipinski definition) is 1. The zero-order valence-electron chi connectivity index (χ0n) is 22.0. The fourth-order valence-corrected chi connectivity index (χ4v) is 6.61. The molecule has 0 bridgehead atoms. The van der Waals surface area contributed by atoms with Gasteiger partial charge in [-0.15, -0.1) is 21.5 Å². The minimum atomic E-state index is -0.158. The molecule has 0 fully saturated rings. The third-order valence-electron chi connectivity index (χ3n) is 6.72. The quantitative estimate of drug-likeness (QED) is 0.348. The Labute approximate surface area is 226 Å². The number of carbonyl (C=O) groups is 1. The average Bonchev–Trinajstić information content (AvgIpc) is 3.44. The van der Waals surface area contributed by atoms with Gasteiger partial charge in [0.1, 0.15) is 29.2 Å². The molecule has 196 valence electrons. The molecular formula is C27H33N5O3S2. The maximum Gasteiger partial charge on any atom is 0.235 e. The third kappa shape index (κ3) is 6.28. The van der Waals surface area contributed by atoms with E-state index in [9.17, 15) is 10.1 Å². The van der Waals surface area contributed by atoms with E-state index >= 15 is 0 Å². The van der Waals surface area contributed by atoms with Crippen molar-refractivity contribution in [3.63, 3.8) is 0 Å². The maximum atomic E-state index is 12.8. The zero-order chi connectivity index (χ0) is 26.6. The van der Waals surface area contributed by atoms with Crippen LogP contribution in [0.2, 0.25) is 0 Å². The van der Waals surface area contributed by atoms with Crippen LogP contribution in [0.25, 0.3) is 0 Å². The van der Waals surface area contributed by atoms with Gasteiger partial charge in [-0.1, -0.05) is 32.5 Å². The second-order valence-corrected chi connectivity index (χ2v) is 12.1. The Morgan fingerprint density at radius 2 is 2.00 bits per heavy atom. The molecule has 1 atom stereocenters. The van der Waals surface area contributed by atoms with E-state index in [1.165, 1.54) is 16.6 Å². The molecule has 0 saturated heterocycles. The predicted octanol–water partition coefficient (Wildman–Crippen LogP) is 5.70. The molecular weight excluding hydrogens is 506 g/mol. The van der Waals surface area contributed by atoms with Crippen molar-refractivity contribution in [2.45, 2.75) is 65.3 Å². The molecule has 0 aliphatic heterocycles. The molecule has 2 heterocycles. The van der Waals surface area contributed by atoms with Crippen molar-refractivity contribution in [3.05, 3.63) is 46.1 Å². The fraction of sp³-hybridized carbons (Fsp3) is 0.481. The summed E-state index contributed by atoms with van der Waals surface area (Å²) in [6, 6.07) is 9.69. The Hall–Kier alpha value is -3.03. The van der Waals surface area contributed by atoms with Crippen LogP contribution in [-0.4, -0.2) is 33.5 Å². The summed E-state index contributed by atoms with van der Waals surface area (Å²) in [5.41, 5.74) is 1.96. The molecule has 10 heteroatoms. The molecule has 37 heavy (non-hydrogen) atoms. The van der Waals surface area contributed by atoms with Gasteiger partial charge in [0.2, 0.25) is 5.91 Å². The van der Waals surface area contributed by atoms with Crippen LogP contribution >= 0.6 is 23.1 Å². The number of nitrogens with one attached hydrogen (secondary N) is 1. The second kappa shape index (κ2) is 11.6. The SMILES string of the molecule is CCn1c(COc2ccc(OC)cc2)nnc1SCC(=O)Nc1sc2c(c1C#N)CC[C@H](C(C)(C)C)C2. The van der Waals surface area contributed by atoms with Crippen molar-refractivity contribution in [2.24, 2.45) is 11.3 Å². The van der Waals surface area contributed by atoms with Gasteiger partial charge in [0.05, 0.1) is 18.4 Å². The summed E-state index contributed by atoms with van der Waals surface area (Å²) >= 11 is 2.88. The van der Waals surface area contributed by atoms with Crippen LogP contribution < -0.4 is 14.8 Å². The minimum absolute atomic E-state index is 0.158. The standard InChI is InChI=1S/C27H33N5O3S2/c1-6-32-23(15-35-19-10-8-18(34-5)9-11-19)30-31-26(32)36-16-24(33)29-25-21(14-28)20-12-7-17(27(2,3)4)13-22(20)37-25/h8-11,17H,6-7,12-13,15-16H2,1-5H3,(H,29,33)/t17-/m0/s1. The maximum absolute atomic E-state index is 12.8. The highest BCUT2D eigenvalue weighted by Gasteiger charge is 2.32. The number of anilines is 1. The number of rotatable bonds is 9. The van der Waals surface area contributed by atoms with Crippen molar-refractivity contribution in [2.75, 3.05) is 18.2 Å². The summed E-state index contributed by atoms with van der Waals surface area (Å²) in [6.07, 6.45) is 2.92. The van der Waals surface area contributed by atoms with Crippen molar-refractivity contribution in [1.29, 1.82) is 5.26 Å². The van der Waals surface area contributed by atoms with Gasteiger partial charge in [0.15, 0.2) is 11.0 Å². The summed E-state index contributed by atoms with van der Waals surface area (Å²) in [5.74, 6) is 2.75. The number of carbonyl (C=O) groups excluding carboxylic acids is 1. The van der Waals surface area contributed by atoms with Crippen LogP contribution in [0.15, 0.2) is 29.4 Å². The van der Waals surface area contributed by atoms with Crippen molar-refractivity contribution < 1.29 is 14.3 Å². The molecule has 3 aromatic rings. The first-order valence-electron chi connectivity index (χ1n) is 12.4. The monoisotopic (exact) mass is 539 g/mol. The van der Waals surface area contributed by atoms with Crippen LogP contribution in [-0.2, 0) is 30.8 Å². The first-order chi connectivity index (χ1) is 17.7. The first kappa shape index (κ1) is 27.0. The lowest BCUT2D eigenvalue weighted by atomic mass is 9.72. The van der Waals surface area contributed by atoms with E-state index in [-0.39, 0.29) is 23.7 Å². The van der Waals surface area contributed by atoms with E-state index in [0.717, 1.165) is 30.6 Å². The lowest BCUT2D eigenvalue weighted by molar-refractivity contribution is -0.113. The molecule has 0 radical (unpaired) electrons. The van der Waals surface area contributed by atoms with E-state index in [4.69, 9.17) is 9.47 Å². The number of nitrogens with zero attached hydrogens (tertiary/aromatic N) is 4. The van der Waals surface area contributed by atoms with Gasteiger partial charge in [-0.05, 0) is 67.3 Å². The van der Waals surface area contributed by atoms with E-state index < -0.39 is 0 Å². The number of ether oxygens (including phenoxy) is 2. The number of fused-ring (bicyclic) bond motifs is 1. The summed E-state index contributed by atoms with van der Waals surface area (Å²) in [6.45, 7) is 9.74. The molecule has 0 unspecified atom stereocenters. The van der Waals surface area contributed by atoms with Gasteiger partial charge in [-0.25, -0.2) is 0 Å². The van der Waals surface area contributed by atoms with Crippen LogP contribution in [0.4, 0.5) is 5.00 Å². The van der Waals surface area contributed by atoms with Crippen molar-refractivity contribution in [1.82, 2.24) is 14.8 Å². The molecule has 0 saturated carbocycles. The van der Waals surface area contributed by atoms with Crippen LogP contribution in [0.1, 0.15) is 55.9 Å². The largest absolute Gasteiger partial charge is 0.497 e. The Kier molecular flexibility index (Phi) is 8.45. The van der Waals surface area contributed by atoms with Crippen molar-refractivity contribution in [3.8, 4) is 17.6 Å². The number of aromatic nitrogens is 3. The van der Waals surface area contributed by atoms with Gasteiger partial charge >= 0.3 is 0 Å². The summed E-state index contributed by atoms with van der Waals surface area (Å²) < 4.78 is 13.0. The highest BCUT2D eigenvalue weighted by molar-refractivity contribution is 7.99. The average molecular weight is 540 g/mol. The third-order valence-corrected chi connectivity index (χ3v) is 8.86. The highest BCUT2D eigenvalue weighted by atomic mass is 32.2. The number of nitriles is 1. The molecule has 2 aromatic heterocycles. The summed E-state index contributed by atoms with van der Waals surface area (Å²) in [5, 5.41) is 22.6. The van der Waals surface area contributed by atoms with E-state index in [2.05, 4.69) is 42.4 Å². The Bertz CT molecular complexity index is 1290. The fourth-order valence-electron chi connectivity index (χ4n) is 4.49. The van der Waals surface area contributed by atoms with Gasteiger partial charge in [0.25, 0.3) is 0 Å². The minimum Gasteiger partial charge on any atom is -0.497 e. The molecule has 0 spiro atoms. The number of thiophene rings is 1. The van der Waals surface area contributed by atoms with Gasteiger partial charge < -0.3 is 19.4 Å². The predicted molar refractivity (Wildman–Crippen MR) is 146 cm³/mol. The van der Waals surface area contributed by atoms with Crippen LogP contribution in [0.3, 0.4) is 0 Å². The molecule has 1 aromatic carbocycles. The topological polar surface area (TPSA) is 102 Å². The van der Waals surface area contributed by atoms with E-state index in [1.807, 2.05) is 35.8 Å².